The topological polar surface area (TPSA) is 106 Å². The van der Waals surface area contributed by atoms with Crippen LogP contribution in [0, 0.1) is 0 Å². The third-order valence-corrected chi connectivity index (χ3v) is 7.93. The zero-order valence-electron chi connectivity index (χ0n) is 21.3. The monoisotopic (exact) mass is 504 g/mol. The number of nitrogens with zero attached hydrogens (tertiary/aromatic N) is 3. The minimum Gasteiger partial charge on any atom is -0.507 e. The van der Waals surface area contributed by atoms with Gasteiger partial charge < -0.3 is 25.4 Å². The summed E-state index contributed by atoms with van der Waals surface area (Å²) in [7, 11) is 0. The van der Waals surface area contributed by atoms with Crippen LogP contribution in [-0.4, -0.2) is 76.4 Å². The maximum Gasteiger partial charge on any atom is 0.258 e. The van der Waals surface area contributed by atoms with Crippen molar-refractivity contribution in [2.24, 2.45) is 0 Å². The lowest BCUT2D eigenvalue weighted by molar-refractivity contribution is 0.0748. The number of rotatable bonds is 7. The van der Waals surface area contributed by atoms with Crippen molar-refractivity contribution in [2.75, 3.05) is 44.6 Å². The number of H-pyrrole nitrogens is 1. The number of aromatic hydroxyl groups is 1. The second-order valence-electron chi connectivity index (χ2n) is 10.5. The van der Waals surface area contributed by atoms with Crippen LogP contribution in [0.5, 0.6) is 11.5 Å². The standard InChI is InChI=1S/C28H36N6O3/c35-26-16-25-23(27(32-31-25)30-21-4-2-1-3-5-21)15-24(26)28(36)34-17-19-6-7-22(14-20(19)18-34)37-13-12-33-10-8-29-9-11-33/h6-7,14-16,21,29,35H,1-5,8-13,17-18H2,(H2,30,31,32). The summed E-state index contributed by atoms with van der Waals surface area (Å²) < 4.78 is 6.03. The molecule has 2 aliphatic heterocycles. The number of piperazine rings is 1. The Morgan fingerprint density at radius 1 is 1.08 bits per heavy atom. The number of nitrogens with one attached hydrogen (secondary N) is 3. The molecule has 0 spiro atoms. The number of phenolic OH excluding ortho intramolecular Hbond substituents is 1. The first-order valence-electron chi connectivity index (χ1n) is 13.6. The van der Waals surface area contributed by atoms with Crippen LogP contribution in [0.25, 0.3) is 10.9 Å². The Morgan fingerprint density at radius 3 is 2.73 bits per heavy atom. The van der Waals surface area contributed by atoms with E-state index >= 15 is 0 Å². The van der Waals surface area contributed by atoms with Gasteiger partial charge in [-0.2, -0.15) is 5.10 Å². The molecule has 9 heteroatoms. The maximum atomic E-state index is 13.5. The minimum atomic E-state index is -0.179. The van der Waals surface area contributed by atoms with Crippen LogP contribution in [0.15, 0.2) is 30.3 Å². The summed E-state index contributed by atoms with van der Waals surface area (Å²) in [6, 6.07) is 9.86. The molecule has 3 aromatic rings. The first kappa shape index (κ1) is 24.1. The van der Waals surface area contributed by atoms with Gasteiger partial charge in [0.05, 0.1) is 11.1 Å². The fourth-order valence-electron chi connectivity index (χ4n) is 5.78. The number of fused-ring (bicyclic) bond motifs is 2. The van der Waals surface area contributed by atoms with E-state index in [-0.39, 0.29) is 11.7 Å². The zero-order valence-corrected chi connectivity index (χ0v) is 21.3. The van der Waals surface area contributed by atoms with Gasteiger partial charge >= 0.3 is 0 Å². The summed E-state index contributed by atoms with van der Waals surface area (Å²) in [5.41, 5.74) is 3.24. The molecule has 0 atom stereocenters. The molecular formula is C28H36N6O3. The number of carbonyl (C=O) groups is 1. The van der Waals surface area contributed by atoms with Crippen LogP contribution in [0.2, 0.25) is 0 Å². The summed E-state index contributed by atoms with van der Waals surface area (Å²) >= 11 is 0. The molecule has 37 heavy (non-hydrogen) atoms. The van der Waals surface area contributed by atoms with Crippen LogP contribution in [-0.2, 0) is 13.1 Å². The number of hydrogen-bond acceptors (Lipinski definition) is 7. The molecular weight excluding hydrogens is 468 g/mol. The van der Waals surface area contributed by atoms with Crippen molar-refractivity contribution in [1.29, 1.82) is 0 Å². The predicted octanol–water partition coefficient (Wildman–Crippen LogP) is 3.45. The van der Waals surface area contributed by atoms with E-state index in [1.807, 2.05) is 18.2 Å². The Kier molecular flexibility index (Phi) is 6.89. The highest BCUT2D eigenvalue weighted by Crippen LogP contribution is 2.33. The molecule has 0 unspecified atom stereocenters. The summed E-state index contributed by atoms with van der Waals surface area (Å²) in [5.74, 6) is 1.38. The highest BCUT2D eigenvalue weighted by molar-refractivity contribution is 6.03. The van der Waals surface area contributed by atoms with Crippen LogP contribution >= 0.6 is 0 Å². The molecule has 2 aromatic carbocycles. The van der Waals surface area contributed by atoms with Gasteiger partial charge in [-0.15, -0.1) is 0 Å². The van der Waals surface area contributed by atoms with Gasteiger partial charge in [-0.25, -0.2) is 0 Å². The molecule has 6 rings (SSSR count). The van der Waals surface area contributed by atoms with Crippen LogP contribution < -0.4 is 15.4 Å². The van der Waals surface area contributed by atoms with Gasteiger partial charge in [0.15, 0.2) is 5.82 Å². The molecule has 9 nitrogen and oxygen atoms in total. The third-order valence-electron chi connectivity index (χ3n) is 7.93. The van der Waals surface area contributed by atoms with E-state index in [1.54, 1.807) is 17.0 Å². The van der Waals surface area contributed by atoms with Crippen molar-refractivity contribution in [3.05, 3.63) is 47.0 Å². The van der Waals surface area contributed by atoms with E-state index < -0.39 is 0 Å². The highest BCUT2D eigenvalue weighted by Gasteiger charge is 2.27. The number of amides is 1. The summed E-state index contributed by atoms with van der Waals surface area (Å²) in [5, 5.41) is 25.9. The van der Waals surface area contributed by atoms with E-state index in [4.69, 9.17) is 4.74 Å². The Balaban J connectivity index is 1.12. The molecule has 1 aliphatic carbocycles. The number of carbonyl (C=O) groups excluding carboxylic acids is 1. The number of anilines is 1. The number of ether oxygens (including phenoxy) is 1. The fraction of sp³-hybridized carbons (Fsp3) is 0.500. The van der Waals surface area contributed by atoms with E-state index in [0.29, 0.717) is 31.3 Å². The smallest absolute Gasteiger partial charge is 0.258 e. The molecule has 1 aromatic heterocycles. The van der Waals surface area contributed by atoms with Gasteiger partial charge in [0.1, 0.15) is 18.1 Å². The van der Waals surface area contributed by atoms with Crippen molar-refractivity contribution >= 4 is 22.6 Å². The average Bonchev–Trinajstić information content (AvgIpc) is 3.52. The van der Waals surface area contributed by atoms with Crippen LogP contribution in [0.3, 0.4) is 0 Å². The van der Waals surface area contributed by atoms with Gasteiger partial charge in [0.25, 0.3) is 5.91 Å². The van der Waals surface area contributed by atoms with Crippen molar-refractivity contribution in [1.82, 2.24) is 25.3 Å². The lowest BCUT2D eigenvalue weighted by Gasteiger charge is -2.26. The molecule has 0 radical (unpaired) electrons. The van der Waals surface area contributed by atoms with E-state index in [1.165, 1.54) is 19.3 Å². The molecule has 3 aliphatic rings. The third kappa shape index (κ3) is 5.24. The summed E-state index contributed by atoms with van der Waals surface area (Å²) in [4.78, 5) is 17.7. The van der Waals surface area contributed by atoms with Crippen molar-refractivity contribution in [3.63, 3.8) is 0 Å². The predicted molar refractivity (Wildman–Crippen MR) is 143 cm³/mol. The SMILES string of the molecule is O=C(c1cc2c(NC3CCCCC3)n[nH]c2cc1O)N1Cc2ccc(OCCN3CCNCC3)cc2C1. The van der Waals surface area contributed by atoms with E-state index in [2.05, 4.69) is 25.7 Å². The van der Waals surface area contributed by atoms with Gasteiger partial charge in [-0.1, -0.05) is 25.3 Å². The highest BCUT2D eigenvalue weighted by atomic mass is 16.5. The maximum absolute atomic E-state index is 13.5. The Hall–Kier alpha value is -3.30. The summed E-state index contributed by atoms with van der Waals surface area (Å²) in [6.45, 7) is 6.76. The molecule has 3 heterocycles. The van der Waals surface area contributed by atoms with Gasteiger partial charge in [0.2, 0.25) is 0 Å². The van der Waals surface area contributed by atoms with E-state index in [0.717, 1.165) is 79.2 Å². The largest absolute Gasteiger partial charge is 0.507 e. The van der Waals surface area contributed by atoms with Crippen molar-refractivity contribution in [2.45, 2.75) is 51.2 Å². The zero-order chi connectivity index (χ0) is 25.2. The molecule has 196 valence electrons. The summed E-state index contributed by atoms with van der Waals surface area (Å²) in [6.07, 6.45) is 6.00. The number of benzene rings is 2. The quantitative estimate of drug-likeness (QED) is 0.391. The van der Waals surface area contributed by atoms with Crippen molar-refractivity contribution < 1.29 is 14.6 Å². The number of aromatic amines is 1. The molecule has 1 amide bonds. The fourth-order valence-corrected chi connectivity index (χ4v) is 5.78. The van der Waals surface area contributed by atoms with E-state index in [9.17, 15) is 9.90 Å². The Bertz CT molecular complexity index is 1260. The lowest BCUT2D eigenvalue weighted by atomic mass is 9.95. The number of hydrogen-bond donors (Lipinski definition) is 4. The second kappa shape index (κ2) is 10.6. The molecule has 1 saturated carbocycles. The molecule has 1 saturated heterocycles. The first-order chi connectivity index (χ1) is 18.1. The first-order valence-corrected chi connectivity index (χ1v) is 13.6. The normalized spacial score (nSPS) is 18.8. The Morgan fingerprint density at radius 2 is 1.89 bits per heavy atom. The number of aromatic nitrogens is 2. The van der Waals surface area contributed by atoms with Gasteiger partial charge in [-0.3, -0.25) is 14.8 Å². The lowest BCUT2D eigenvalue weighted by Crippen LogP contribution is -2.44. The number of phenols is 1. The second-order valence-corrected chi connectivity index (χ2v) is 10.5. The molecule has 2 fully saturated rings. The molecule has 0 bridgehead atoms. The molecule has 4 N–H and O–H groups in total. The minimum absolute atomic E-state index is 0.0294. The van der Waals surface area contributed by atoms with Gasteiger partial charge in [0, 0.05) is 63.3 Å². The van der Waals surface area contributed by atoms with Crippen LogP contribution in [0.1, 0.15) is 53.6 Å². The Labute approximate surface area is 217 Å². The average molecular weight is 505 g/mol. The van der Waals surface area contributed by atoms with Gasteiger partial charge in [-0.05, 0) is 42.2 Å². The van der Waals surface area contributed by atoms with Crippen LogP contribution in [0.4, 0.5) is 5.82 Å². The van der Waals surface area contributed by atoms with Crippen molar-refractivity contribution in [3.8, 4) is 11.5 Å².